The number of halogens is 1. The van der Waals surface area contributed by atoms with E-state index in [-0.39, 0.29) is 21.2 Å². The molecule has 0 atom stereocenters. The second-order valence-electron chi connectivity index (χ2n) is 5.83. The van der Waals surface area contributed by atoms with Gasteiger partial charge >= 0.3 is 21.2 Å². The van der Waals surface area contributed by atoms with Crippen LogP contribution < -0.4 is 21.2 Å². The molecule has 0 amide bonds. The first-order valence-electron chi connectivity index (χ1n) is 8.66. The predicted octanol–water partition coefficient (Wildman–Crippen LogP) is 4.12. The Hall–Kier alpha value is -1.69. The van der Waals surface area contributed by atoms with Gasteiger partial charge in [-0.05, 0) is 72.8 Å². The van der Waals surface area contributed by atoms with E-state index in [1.807, 2.05) is 23.5 Å². The molecule has 0 fully saturated rings. The normalized spacial score (nSPS) is 10.7. The number of rotatable bonds is 6. The van der Waals surface area contributed by atoms with Gasteiger partial charge in [0, 0.05) is 19.6 Å². The lowest BCUT2D eigenvalue weighted by atomic mass is 10.4. The molecular weight excluding hydrogens is 479 g/mol. The standard InChI is InChI=1S/C24H18IS2/c1-3-7-21(8-4-1)26-23-15-11-19(12-16-23)25-20-13-17-24(18-14-20)27-22-9-5-2-6-10-22/h1-18H/q+1. The molecule has 0 aliphatic carbocycles. The Morgan fingerprint density at radius 2 is 0.704 bits per heavy atom. The molecule has 0 aromatic heterocycles. The highest BCUT2D eigenvalue weighted by atomic mass is 127. The smallest absolute Gasteiger partial charge is 0.0901 e. The van der Waals surface area contributed by atoms with E-state index in [9.17, 15) is 0 Å². The first-order chi connectivity index (χ1) is 13.3. The van der Waals surface area contributed by atoms with E-state index in [1.165, 1.54) is 26.7 Å². The molecule has 132 valence electrons. The summed E-state index contributed by atoms with van der Waals surface area (Å²) in [6.45, 7) is 0. The van der Waals surface area contributed by atoms with E-state index in [0.717, 1.165) is 0 Å². The number of hydrogen-bond donors (Lipinski definition) is 0. The van der Waals surface area contributed by atoms with Crippen molar-refractivity contribution in [3.63, 3.8) is 0 Å². The van der Waals surface area contributed by atoms with Gasteiger partial charge in [-0.1, -0.05) is 59.9 Å². The summed E-state index contributed by atoms with van der Waals surface area (Å²) in [4.78, 5) is 5.16. The van der Waals surface area contributed by atoms with Crippen LogP contribution in [-0.4, -0.2) is 0 Å². The van der Waals surface area contributed by atoms with Crippen LogP contribution in [0.4, 0.5) is 0 Å². The van der Waals surface area contributed by atoms with Crippen molar-refractivity contribution in [1.82, 2.24) is 0 Å². The van der Waals surface area contributed by atoms with Gasteiger partial charge in [-0.15, -0.1) is 0 Å². The van der Waals surface area contributed by atoms with Crippen LogP contribution in [0.25, 0.3) is 0 Å². The quantitative estimate of drug-likeness (QED) is 0.368. The Labute approximate surface area is 179 Å². The monoisotopic (exact) mass is 497 g/mol. The van der Waals surface area contributed by atoms with Gasteiger partial charge in [0.15, 0.2) is 7.14 Å². The van der Waals surface area contributed by atoms with Gasteiger partial charge < -0.3 is 0 Å². The fourth-order valence-corrected chi connectivity index (χ4v) is 6.34. The van der Waals surface area contributed by atoms with E-state index < -0.39 is 0 Å². The average molecular weight is 497 g/mol. The molecule has 0 nitrogen and oxygen atoms in total. The van der Waals surface area contributed by atoms with Crippen LogP contribution in [0.1, 0.15) is 0 Å². The van der Waals surface area contributed by atoms with E-state index >= 15 is 0 Å². The first kappa shape index (κ1) is 18.7. The highest BCUT2D eigenvalue weighted by molar-refractivity contribution is 7.99. The molecule has 0 saturated heterocycles. The maximum Gasteiger partial charge on any atom is 0.357 e. The molecule has 0 aliphatic heterocycles. The Balaban J connectivity index is 1.37. The molecule has 0 heterocycles. The largest absolute Gasteiger partial charge is 0.357 e. The zero-order valence-corrected chi connectivity index (χ0v) is 18.4. The van der Waals surface area contributed by atoms with Crippen molar-refractivity contribution in [2.45, 2.75) is 19.6 Å². The van der Waals surface area contributed by atoms with Crippen LogP contribution in [0, 0.1) is 7.14 Å². The Morgan fingerprint density at radius 1 is 0.370 bits per heavy atom. The lowest BCUT2D eigenvalue weighted by Crippen LogP contribution is -3.61. The Morgan fingerprint density at radius 3 is 1.07 bits per heavy atom. The topological polar surface area (TPSA) is 0 Å². The molecule has 4 rings (SSSR count). The Bertz CT molecular complexity index is 883. The summed E-state index contributed by atoms with van der Waals surface area (Å²) in [5, 5.41) is 0. The van der Waals surface area contributed by atoms with E-state index in [1.54, 1.807) is 0 Å². The lowest BCUT2D eigenvalue weighted by molar-refractivity contribution is -0.597. The summed E-state index contributed by atoms with van der Waals surface area (Å²) in [7, 11) is 0. The van der Waals surface area contributed by atoms with Gasteiger partial charge in [0.25, 0.3) is 0 Å². The molecule has 27 heavy (non-hydrogen) atoms. The van der Waals surface area contributed by atoms with Crippen LogP contribution in [0.15, 0.2) is 129 Å². The van der Waals surface area contributed by atoms with Crippen LogP contribution in [-0.2, 0) is 0 Å². The van der Waals surface area contributed by atoms with Gasteiger partial charge in [-0.2, -0.15) is 0 Å². The van der Waals surface area contributed by atoms with Crippen LogP contribution >= 0.6 is 23.5 Å². The fourth-order valence-electron chi connectivity index (χ4n) is 2.51. The van der Waals surface area contributed by atoms with Gasteiger partial charge in [0.05, 0.1) is 0 Å². The van der Waals surface area contributed by atoms with Crippen molar-refractivity contribution in [2.75, 3.05) is 0 Å². The third kappa shape index (κ3) is 5.64. The molecule has 0 radical (unpaired) electrons. The highest BCUT2D eigenvalue weighted by Crippen LogP contribution is 2.27. The third-order valence-electron chi connectivity index (χ3n) is 3.80. The molecule has 0 unspecified atom stereocenters. The molecule has 4 aromatic rings. The SMILES string of the molecule is c1ccc(Sc2ccc([I+]c3ccc(Sc4ccccc4)cc3)cc2)cc1. The molecular formula is C24H18IS2+. The minimum atomic E-state index is -0.136. The van der Waals surface area contributed by atoms with E-state index in [4.69, 9.17) is 0 Å². The van der Waals surface area contributed by atoms with Gasteiger partial charge in [0.2, 0.25) is 0 Å². The van der Waals surface area contributed by atoms with Crippen LogP contribution in [0.2, 0.25) is 0 Å². The number of hydrogen-bond acceptors (Lipinski definition) is 2. The molecule has 0 aliphatic rings. The summed E-state index contributed by atoms with van der Waals surface area (Å²) >= 11 is 3.49. The first-order valence-corrected chi connectivity index (χ1v) is 12.4. The zero-order valence-electron chi connectivity index (χ0n) is 14.6. The fraction of sp³-hybridized carbons (Fsp3) is 0. The zero-order chi connectivity index (χ0) is 18.3. The van der Waals surface area contributed by atoms with Gasteiger partial charge in [-0.3, -0.25) is 0 Å². The summed E-state index contributed by atoms with van der Waals surface area (Å²) in [5.41, 5.74) is 0. The minimum absolute atomic E-state index is 0.136. The van der Waals surface area contributed by atoms with Crippen LogP contribution in [0.5, 0.6) is 0 Å². The maximum atomic E-state index is 2.28. The Kier molecular flexibility index (Phi) is 6.56. The summed E-state index contributed by atoms with van der Waals surface area (Å²) in [6.07, 6.45) is 0. The van der Waals surface area contributed by atoms with Crippen molar-refractivity contribution in [2.24, 2.45) is 0 Å². The third-order valence-corrected chi connectivity index (χ3v) is 8.52. The lowest BCUT2D eigenvalue weighted by Gasteiger charge is -2.01. The van der Waals surface area contributed by atoms with E-state index in [2.05, 4.69) is 109 Å². The summed E-state index contributed by atoms with van der Waals surface area (Å²) in [6, 6.07) is 39.2. The van der Waals surface area contributed by atoms with Crippen molar-refractivity contribution in [1.29, 1.82) is 0 Å². The maximum absolute atomic E-state index is 2.28. The molecule has 0 N–H and O–H groups in total. The predicted molar refractivity (Wildman–Crippen MR) is 111 cm³/mol. The minimum Gasteiger partial charge on any atom is -0.0901 e. The molecule has 0 spiro atoms. The van der Waals surface area contributed by atoms with Gasteiger partial charge in [-0.25, -0.2) is 0 Å². The molecule has 0 bridgehead atoms. The molecule has 3 heteroatoms. The second-order valence-corrected chi connectivity index (χ2v) is 11.2. The van der Waals surface area contributed by atoms with Crippen molar-refractivity contribution in [3.8, 4) is 0 Å². The summed E-state index contributed by atoms with van der Waals surface area (Å²) in [5.74, 6) is 0. The highest BCUT2D eigenvalue weighted by Gasteiger charge is 2.15. The van der Waals surface area contributed by atoms with Crippen molar-refractivity contribution in [3.05, 3.63) is 116 Å². The molecule has 0 saturated carbocycles. The van der Waals surface area contributed by atoms with E-state index in [0.29, 0.717) is 0 Å². The van der Waals surface area contributed by atoms with Crippen molar-refractivity contribution >= 4 is 23.5 Å². The average Bonchev–Trinajstić information content (AvgIpc) is 2.73. The summed E-state index contributed by atoms with van der Waals surface area (Å²) < 4.78 is 2.91. The molecule has 4 aromatic carbocycles. The van der Waals surface area contributed by atoms with Crippen LogP contribution in [0.3, 0.4) is 0 Å². The van der Waals surface area contributed by atoms with Gasteiger partial charge in [0.1, 0.15) is 0 Å². The number of benzene rings is 4. The second kappa shape index (κ2) is 9.49. The van der Waals surface area contributed by atoms with Crippen molar-refractivity contribution < 1.29 is 21.2 Å².